The Morgan fingerprint density at radius 3 is 2.27 bits per heavy atom. The van der Waals surface area contributed by atoms with Crippen molar-refractivity contribution < 1.29 is 0 Å². The van der Waals surface area contributed by atoms with Crippen LogP contribution >= 0.6 is 0 Å². The minimum atomic E-state index is 1.26. The van der Waals surface area contributed by atoms with Gasteiger partial charge in [-0.15, -0.1) is 0 Å². The van der Waals surface area contributed by atoms with Crippen LogP contribution in [0.4, 0.5) is 0 Å². The molecule has 0 unspecified atom stereocenters. The molecular formula is C22H16. The lowest BCUT2D eigenvalue weighted by molar-refractivity contribution is 1.71. The average molecular weight is 280 g/mol. The lowest BCUT2D eigenvalue weighted by Crippen LogP contribution is -1.77. The van der Waals surface area contributed by atoms with Gasteiger partial charge in [-0.05, 0) is 33.0 Å². The third-order valence-corrected chi connectivity index (χ3v) is 4.09. The first-order valence-corrected chi connectivity index (χ1v) is 7.55. The van der Waals surface area contributed by atoms with Crippen LogP contribution in [0.1, 0.15) is 11.1 Å². The summed E-state index contributed by atoms with van der Waals surface area (Å²) in [6, 6.07) is 29.9. The van der Waals surface area contributed by atoms with Crippen molar-refractivity contribution in [3.05, 3.63) is 96.1 Å². The van der Waals surface area contributed by atoms with Gasteiger partial charge in [-0.1, -0.05) is 97.1 Å². The van der Waals surface area contributed by atoms with Gasteiger partial charge in [0.25, 0.3) is 0 Å². The van der Waals surface area contributed by atoms with Crippen molar-refractivity contribution in [3.63, 3.8) is 0 Å². The number of benzene rings is 2. The minimum absolute atomic E-state index is 1.26. The van der Waals surface area contributed by atoms with Crippen molar-refractivity contribution in [2.24, 2.45) is 0 Å². The zero-order valence-electron chi connectivity index (χ0n) is 12.2. The van der Waals surface area contributed by atoms with E-state index in [9.17, 15) is 0 Å². The summed E-state index contributed by atoms with van der Waals surface area (Å²) in [7, 11) is 0. The monoisotopic (exact) mass is 280 g/mol. The van der Waals surface area contributed by atoms with Gasteiger partial charge in [0, 0.05) is 0 Å². The molecule has 0 heterocycles. The van der Waals surface area contributed by atoms with Crippen LogP contribution in [0, 0.1) is 0 Å². The van der Waals surface area contributed by atoms with Gasteiger partial charge >= 0.3 is 0 Å². The van der Waals surface area contributed by atoms with Gasteiger partial charge in [-0.2, -0.15) is 0 Å². The molecule has 2 aromatic rings. The number of hydrogen-bond donors (Lipinski definition) is 0. The van der Waals surface area contributed by atoms with Gasteiger partial charge in [-0.25, -0.2) is 0 Å². The lowest BCUT2D eigenvalue weighted by Gasteiger charge is -2.02. The summed E-state index contributed by atoms with van der Waals surface area (Å²) in [5.74, 6) is 0. The second-order valence-corrected chi connectivity index (χ2v) is 5.47. The van der Waals surface area contributed by atoms with Crippen molar-refractivity contribution in [3.8, 4) is 11.1 Å². The molecule has 22 heavy (non-hydrogen) atoms. The van der Waals surface area contributed by atoms with E-state index in [1.807, 2.05) is 0 Å². The molecule has 2 aliphatic rings. The molecule has 0 saturated heterocycles. The first-order valence-electron chi connectivity index (χ1n) is 7.55. The SMILES string of the molecule is C(=Cc1cccc2ccccc12)c1ccc2cccccc1-2. The zero-order valence-corrected chi connectivity index (χ0v) is 12.2. The second-order valence-electron chi connectivity index (χ2n) is 5.47. The number of fused-ring (bicyclic) bond motifs is 2. The molecule has 0 fully saturated rings. The largest absolute Gasteiger partial charge is 0.0622 e. The summed E-state index contributed by atoms with van der Waals surface area (Å²) in [6.07, 6.45) is 4.42. The summed E-state index contributed by atoms with van der Waals surface area (Å²) in [5.41, 5.74) is 5.09. The van der Waals surface area contributed by atoms with Crippen molar-refractivity contribution in [2.45, 2.75) is 0 Å². The van der Waals surface area contributed by atoms with Crippen molar-refractivity contribution >= 4 is 22.9 Å². The maximum atomic E-state index is 2.21. The molecule has 0 aromatic heterocycles. The average Bonchev–Trinajstić information content (AvgIpc) is 2.79. The topological polar surface area (TPSA) is 0 Å². The molecule has 0 aliphatic heterocycles. The Morgan fingerprint density at radius 1 is 0.500 bits per heavy atom. The molecular weight excluding hydrogens is 264 g/mol. The number of hydrogen-bond acceptors (Lipinski definition) is 0. The van der Waals surface area contributed by atoms with Gasteiger partial charge in [0.05, 0.1) is 0 Å². The van der Waals surface area contributed by atoms with E-state index in [1.165, 1.54) is 33.0 Å². The molecule has 0 N–H and O–H groups in total. The standard InChI is InChI=1S/C22H16/c1-2-7-18-13-15-20(22(18)11-3-1)16-14-19-10-6-9-17-8-4-5-12-21(17)19/h1-16H. The fourth-order valence-corrected chi connectivity index (χ4v) is 2.96. The summed E-state index contributed by atoms with van der Waals surface area (Å²) < 4.78 is 0. The normalized spacial score (nSPS) is 11.5. The molecule has 0 saturated carbocycles. The molecule has 104 valence electrons. The van der Waals surface area contributed by atoms with Crippen LogP contribution in [0.2, 0.25) is 0 Å². The third-order valence-electron chi connectivity index (χ3n) is 4.09. The molecule has 0 bridgehead atoms. The first kappa shape index (κ1) is 12.8. The molecule has 0 atom stereocenters. The molecule has 4 rings (SSSR count). The lowest BCUT2D eigenvalue weighted by atomic mass is 10.0. The highest BCUT2D eigenvalue weighted by molar-refractivity contribution is 5.94. The van der Waals surface area contributed by atoms with Crippen molar-refractivity contribution in [1.29, 1.82) is 0 Å². The van der Waals surface area contributed by atoms with Gasteiger partial charge < -0.3 is 0 Å². The van der Waals surface area contributed by atoms with Crippen LogP contribution in [0.15, 0.2) is 84.9 Å². The summed E-state index contributed by atoms with van der Waals surface area (Å²) in [5, 5.41) is 2.58. The predicted octanol–water partition coefficient (Wildman–Crippen LogP) is 6.12. The summed E-state index contributed by atoms with van der Waals surface area (Å²) in [4.78, 5) is 0. The smallest absolute Gasteiger partial charge is 0.0111 e. The highest BCUT2D eigenvalue weighted by Crippen LogP contribution is 2.29. The highest BCUT2D eigenvalue weighted by Gasteiger charge is 2.04. The Labute approximate surface area is 130 Å². The van der Waals surface area contributed by atoms with E-state index in [0.717, 1.165) is 0 Å². The Morgan fingerprint density at radius 2 is 1.27 bits per heavy atom. The van der Waals surface area contributed by atoms with Gasteiger partial charge in [0.2, 0.25) is 0 Å². The minimum Gasteiger partial charge on any atom is -0.0622 e. The van der Waals surface area contributed by atoms with Crippen LogP contribution in [0.5, 0.6) is 0 Å². The van der Waals surface area contributed by atoms with Crippen molar-refractivity contribution in [2.75, 3.05) is 0 Å². The van der Waals surface area contributed by atoms with Crippen LogP contribution in [-0.2, 0) is 0 Å². The van der Waals surface area contributed by atoms with Gasteiger partial charge in [0.1, 0.15) is 0 Å². The van der Waals surface area contributed by atoms with Gasteiger partial charge in [-0.3, -0.25) is 0 Å². The Hall–Kier alpha value is -2.86. The van der Waals surface area contributed by atoms with E-state index in [2.05, 4.69) is 97.1 Å². The number of rotatable bonds is 2. The Balaban J connectivity index is 1.78. The Bertz CT molecular complexity index is 926. The van der Waals surface area contributed by atoms with Crippen LogP contribution < -0.4 is 0 Å². The van der Waals surface area contributed by atoms with E-state index >= 15 is 0 Å². The van der Waals surface area contributed by atoms with E-state index in [-0.39, 0.29) is 0 Å². The quantitative estimate of drug-likeness (QED) is 0.415. The van der Waals surface area contributed by atoms with E-state index in [0.29, 0.717) is 0 Å². The molecule has 0 radical (unpaired) electrons. The third kappa shape index (κ3) is 2.29. The fraction of sp³-hybridized carbons (Fsp3) is 0. The fourth-order valence-electron chi connectivity index (χ4n) is 2.96. The molecule has 0 spiro atoms. The zero-order chi connectivity index (χ0) is 14.8. The summed E-state index contributed by atoms with van der Waals surface area (Å²) >= 11 is 0. The molecule has 0 heteroatoms. The van der Waals surface area contributed by atoms with Crippen LogP contribution in [0.3, 0.4) is 0 Å². The molecule has 0 amide bonds. The summed E-state index contributed by atoms with van der Waals surface area (Å²) in [6.45, 7) is 0. The Kier molecular flexibility index (Phi) is 3.21. The van der Waals surface area contributed by atoms with E-state index in [4.69, 9.17) is 0 Å². The van der Waals surface area contributed by atoms with Gasteiger partial charge in [0.15, 0.2) is 0 Å². The predicted molar refractivity (Wildman–Crippen MR) is 95.9 cm³/mol. The van der Waals surface area contributed by atoms with E-state index in [1.54, 1.807) is 0 Å². The highest BCUT2D eigenvalue weighted by atomic mass is 14.1. The van der Waals surface area contributed by atoms with Crippen LogP contribution in [-0.4, -0.2) is 0 Å². The second kappa shape index (κ2) is 5.50. The van der Waals surface area contributed by atoms with Crippen molar-refractivity contribution in [1.82, 2.24) is 0 Å². The maximum absolute atomic E-state index is 2.21. The maximum Gasteiger partial charge on any atom is -0.0111 e. The van der Waals surface area contributed by atoms with E-state index < -0.39 is 0 Å². The first-order chi connectivity index (χ1) is 10.9. The molecule has 2 aromatic carbocycles. The van der Waals surface area contributed by atoms with Crippen LogP contribution in [0.25, 0.3) is 34.1 Å². The molecule has 2 aliphatic carbocycles. The molecule has 0 nitrogen and oxygen atoms in total.